The SMILES string of the molecule is CC1(C(=O)NCc2ccccc2)CN(S(C)(=O)=O)CC(=O)N1CCCN1CCOCC1. The summed E-state index contributed by atoms with van der Waals surface area (Å²) in [5, 5.41) is 2.89. The molecule has 10 heteroatoms. The van der Waals surface area contributed by atoms with Crippen LogP contribution in [-0.4, -0.2) is 98.6 Å². The summed E-state index contributed by atoms with van der Waals surface area (Å²) in [5.74, 6) is -0.708. The minimum Gasteiger partial charge on any atom is -0.379 e. The summed E-state index contributed by atoms with van der Waals surface area (Å²) in [6.07, 6.45) is 1.77. The number of benzene rings is 1. The van der Waals surface area contributed by atoms with Crippen molar-refractivity contribution in [2.24, 2.45) is 0 Å². The quantitative estimate of drug-likeness (QED) is 0.591. The van der Waals surface area contributed by atoms with Crippen LogP contribution in [0.5, 0.6) is 0 Å². The van der Waals surface area contributed by atoms with E-state index in [9.17, 15) is 18.0 Å². The average Bonchev–Trinajstić information content (AvgIpc) is 2.74. The molecule has 31 heavy (non-hydrogen) atoms. The van der Waals surface area contributed by atoms with Crippen molar-refractivity contribution in [3.8, 4) is 0 Å². The third-order valence-electron chi connectivity index (χ3n) is 5.91. The molecule has 9 nitrogen and oxygen atoms in total. The maximum Gasteiger partial charge on any atom is 0.247 e. The third kappa shape index (κ3) is 6.03. The first-order valence-electron chi connectivity index (χ1n) is 10.6. The Balaban J connectivity index is 1.71. The lowest BCUT2D eigenvalue weighted by Gasteiger charge is -2.46. The molecular weight excluding hydrogens is 420 g/mol. The third-order valence-corrected chi connectivity index (χ3v) is 7.10. The molecule has 2 aliphatic heterocycles. The van der Waals surface area contributed by atoms with E-state index in [0.29, 0.717) is 32.7 Å². The topological polar surface area (TPSA) is 99.3 Å². The summed E-state index contributed by atoms with van der Waals surface area (Å²) in [4.78, 5) is 30.0. The Morgan fingerprint density at radius 2 is 1.84 bits per heavy atom. The monoisotopic (exact) mass is 452 g/mol. The van der Waals surface area contributed by atoms with Gasteiger partial charge in [0.1, 0.15) is 5.54 Å². The van der Waals surface area contributed by atoms with Crippen LogP contribution in [0.25, 0.3) is 0 Å². The number of ether oxygens (including phenoxy) is 1. The van der Waals surface area contributed by atoms with E-state index in [1.165, 1.54) is 0 Å². The maximum atomic E-state index is 13.2. The van der Waals surface area contributed by atoms with Crippen LogP contribution in [0.2, 0.25) is 0 Å². The zero-order valence-electron chi connectivity index (χ0n) is 18.2. The fraction of sp³-hybridized carbons (Fsp3) is 0.619. The molecule has 2 aliphatic rings. The zero-order valence-corrected chi connectivity index (χ0v) is 19.1. The Bertz CT molecular complexity index is 873. The highest BCUT2D eigenvalue weighted by Crippen LogP contribution is 2.25. The van der Waals surface area contributed by atoms with Crippen molar-refractivity contribution in [3.63, 3.8) is 0 Å². The van der Waals surface area contributed by atoms with Gasteiger partial charge in [-0.05, 0) is 18.9 Å². The van der Waals surface area contributed by atoms with Gasteiger partial charge in [-0.1, -0.05) is 30.3 Å². The second-order valence-electron chi connectivity index (χ2n) is 8.33. The van der Waals surface area contributed by atoms with Gasteiger partial charge in [0.2, 0.25) is 21.8 Å². The molecule has 3 rings (SSSR count). The van der Waals surface area contributed by atoms with Crippen LogP contribution in [0.15, 0.2) is 30.3 Å². The van der Waals surface area contributed by atoms with Crippen LogP contribution in [0.4, 0.5) is 0 Å². The fourth-order valence-electron chi connectivity index (χ4n) is 4.04. The standard InChI is InChI=1S/C21H32N4O5S/c1-21(20(27)22-15-18-7-4-3-5-8-18)17-24(31(2,28)29)16-19(26)25(21)10-6-9-23-11-13-30-14-12-23/h3-5,7-8H,6,9-17H2,1-2H3,(H,22,27). The number of carbonyl (C=O) groups is 2. The highest BCUT2D eigenvalue weighted by molar-refractivity contribution is 7.88. The van der Waals surface area contributed by atoms with Gasteiger partial charge in [0.25, 0.3) is 0 Å². The van der Waals surface area contributed by atoms with Crippen LogP contribution in [-0.2, 0) is 30.9 Å². The number of rotatable bonds is 8. The number of nitrogens with one attached hydrogen (secondary N) is 1. The van der Waals surface area contributed by atoms with Crippen LogP contribution in [0.3, 0.4) is 0 Å². The molecule has 0 aromatic heterocycles. The van der Waals surface area contributed by atoms with E-state index >= 15 is 0 Å². The molecular formula is C21H32N4O5S. The van der Waals surface area contributed by atoms with Crippen molar-refractivity contribution in [2.75, 3.05) is 58.7 Å². The van der Waals surface area contributed by atoms with Crippen molar-refractivity contribution >= 4 is 21.8 Å². The number of amides is 2. The van der Waals surface area contributed by atoms with Crippen molar-refractivity contribution in [2.45, 2.75) is 25.4 Å². The second-order valence-corrected chi connectivity index (χ2v) is 10.3. The predicted molar refractivity (Wildman–Crippen MR) is 117 cm³/mol. The van der Waals surface area contributed by atoms with Crippen LogP contribution >= 0.6 is 0 Å². The molecule has 1 atom stereocenters. The molecule has 0 radical (unpaired) electrons. The summed E-state index contributed by atoms with van der Waals surface area (Å²) in [7, 11) is -3.61. The van der Waals surface area contributed by atoms with Crippen molar-refractivity contribution in [3.05, 3.63) is 35.9 Å². The number of piperazine rings is 1. The molecule has 0 aliphatic carbocycles. The Hall–Kier alpha value is -2.01. The molecule has 1 unspecified atom stereocenters. The smallest absolute Gasteiger partial charge is 0.247 e. The van der Waals surface area contributed by atoms with Gasteiger partial charge in [-0.3, -0.25) is 14.5 Å². The first-order chi connectivity index (χ1) is 14.7. The fourth-order valence-corrected chi connectivity index (χ4v) is 4.87. The van der Waals surface area contributed by atoms with Gasteiger partial charge in [-0.15, -0.1) is 0 Å². The van der Waals surface area contributed by atoms with Crippen molar-refractivity contribution in [1.82, 2.24) is 19.4 Å². The number of morpholine rings is 1. The van der Waals surface area contributed by atoms with E-state index < -0.39 is 15.6 Å². The predicted octanol–water partition coefficient (Wildman–Crippen LogP) is -0.112. The Labute approximate surface area is 184 Å². The average molecular weight is 453 g/mol. The summed E-state index contributed by atoms with van der Waals surface area (Å²) in [5.41, 5.74) is -0.349. The minimum absolute atomic E-state index is 0.0598. The lowest BCUT2D eigenvalue weighted by atomic mass is 9.95. The molecule has 0 spiro atoms. The van der Waals surface area contributed by atoms with E-state index in [-0.39, 0.29) is 24.9 Å². The van der Waals surface area contributed by atoms with E-state index in [1.807, 2.05) is 30.3 Å². The molecule has 0 saturated carbocycles. The molecule has 2 fully saturated rings. The first kappa shape index (κ1) is 23.6. The Morgan fingerprint density at radius 1 is 1.16 bits per heavy atom. The molecule has 2 amide bonds. The first-order valence-corrected chi connectivity index (χ1v) is 12.4. The summed E-state index contributed by atoms with van der Waals surface area (Å²) in [6.45, 7) is 5.95. The number of carbonyl (C=O) groups excluding carboxylic acids is 2. The van der Waals surface area contributed by atoms with Crippen molar-refractivity contribution < 1.29 is 22.7 Å². The number of sulfonamides is 1. The molecule has 1 N–H and O–H groups in total. The highest BCUT2D eigenvalue weighted by Gasteiger charge is 2.49. The zero-order chi connectivity index (χ0) is 22.5. The largest absolute Gasteiger partial charge is 0.379 e. The molecule has 2 saturated heterocycles. The maximum absolute atomic E-state index is 13.2. The summed E-state index contributed by atoms with van der Waals surface area (Å²) < 4.78 is 30.8. The summed E-state index contributed by atoms with van der Waals surface area (Å²) >= 11 is 0. The molecule has 1 aromatic carbocycles. The van der Waals surface area contributed by atoms with Gasteiger partial charge in [-0.25, -0.2) is 8.42 Å². The van der Waals surface area contributed by atoms with Crippen LogP contribution in [0, 0.1) is 0 Å². The van der Waals surface area contributed by atoms with E-state index in [1.54, 1.807) is 11.8 Å². The minimum atomic E-state index is -3.61. The number of hydrogen-bond acceptors (Lipinski definition) is 6. The van der Waals surface area contributed by atoms with Crippen LogP contribution in [0.1, 0.15) is 18.9 Å². The number of hydrogen-bond donors (Lipinski definition) is 1. The second kappa shape index (κ2) is 10.1. The number of nitrogens with zero attached hydrogens (tertiary/aromatic N) is 3. The summed E-state index contributed by atoms with van der Waals surface area (Å²) in [6, 6.07) is 9.47. The van der Waals surface area contributed by atoms with E-state index in [2.05, 4.69) is 10.2 Å². The van der Waals surface area contributed by atoms with Gasteiger partial charge in [0.15, 0.2) is 0 Å². The van der Waals surface area contributed by atoms with E-state index in [0.717, 1.165) is 35.8 Å². The van der Waals surface area contributed by atoms with Gasteiger partial charge in [-0.2, -0.15) is 4.31 Å². The Morgan fingerprint density at radius 3 is 2.48 bits per heavy atom. The van der Waals surface area contributed by atoms with Crippen molar-refractivity contribution in [1.29, 1.82) is 0 Å². The van der Waals surface area contributed by atoms with Gasteiger partial charge < -0.3 is 15.0 Å². The van der Waals surface area contributed by atoms with Gasteiger partial charge in [0, 0.05) is 39.3 Å². The molecule has 0 bridgehead atoms. The molecule has 172 valence electrons. The molecule has 1 aromatic rings. The van der Waals surface area contributed by atoms with E-state index in [4.69, 9.17) is 4.74 Å². The van der Waals surface area contributed by atoms with Crippen LogP contribution < -0.4 is 5.32 Å². The van der Waals surface area contributed by atoms with Gasteiger partial charge in [0.05, 0.1) is 26.0 Å². The normalized spacial score (nSPS) is 23.7. The lowest BCUT2D eigenvalue weighted by molar-refractivity contribution is -0.152. The van der Waals surface area contributed by atoms with Gasteiger partial charge >= 0.3 is 0 Å². The Kier molecular flexibility index (Phi) is 7.68. The molecule has 2 heterocycles. The highest BCUT2D eigenvalue weighted by atomic mass is 32.2. The lowest BCUT2D eigenvalue weighted by Crippen LogP contribution is -2.69.